The Morgan fingerprint density at radius 2 is 1.69 bits per heavy atom. The van der Waals surface area contributed by atoms with Crippen molar-refractivity contribution in [1.29, 1.82) is 0 Å². The van der Waals surface area contributed by atoms with Crippen LogP contribution in [0.1, 0.15) is 50.9 Å². The summed E-state index contributed by atoms with van der Waals surface area (Å²) in [4.78, 5) is 28.8. The maximum Gasteiger partial charge on any atom is 0.416 e. The Balaban J connectivity index is 1.35. The number of anilines is 1. The van der Waals surface area contributed by atoms with Crippen molar-refractivity contribution in [1.82, 2.24) is 14.9 Å². The third kappa shape index (κ3) is 3.83. The van der Waals surface area contributed by atoms with Gasteiger partial charge in [0.2, 0.25) is 0 Å². The Labute approximate surface area is 187 Å². The molecule has 1 saturated carbocycles. The number of fused-ring (bicyclic) bond motifs is 1. The Morgan fingerprint density at radius 1 is 1.03 bits per heavy atom. The van der Waals surface area contributed by atoms with E-state index >= 15 is 0 Å². The topological polar surface area (TPSA) is 49.3 Å². The largest absolute Gasteiger partial charge is 0.416 e. The molecule has 32 heavy (non-hydrogen) atoms. The van der Waals surface area contributed by atoms with Gasteiger partial charge in [0.1, 0.15) is 16.5 Å². The van der Waals surface area contributed by atoms with Gasteiger partial charge in [0, 0.05) is 42.5 Å². The molecular formula is C23H23F3N4OS. The molecule has 9 heteroatoms. The van der Waals surface area contributed by atoms with Gasteiger partial charge >= 0.3 is 6.18 Å². The highest BCUT2D eigenvalue weighted by Gasteiger charge is 2.32. The lowest BCUT2D eigenvalue weighted by Crippen LogP contribution is -2.49. The van der Waals surface area contributed by atoms with Gasteiger partial charge in [-0.3, -0.25) is 4.79 Å². The van der Waals surface area contributed by atoms with Crippen molar-refractivity contribution in [2.75, 3.05) is 31.1 Å². The van der Waals surface area contributed by atoms with Gasteiger partial charge in [-0.05, 0) is 56.5 Å². The van der Waals surface area contributed by atoms with Gasteiger partial charge in [0.15, 0.2) is 0 Å². The fraction of sp³-hybridized carbons (Fsp3) is 0.435. The van der Waals surface area contributed by atoms with Crippen LogP contribution in [0.25, 0.3) is 10.2 Å². The minimum absolute atomic E-state index is 0.243. The van der Waals surface area contributed by atoms with Gasteiger partial charge in [-0.15, -0.1) is 11.3 Å². The number of amides is 1. The van der Waals surface area contributed by atoms with Crippen LogP contribution in [0.2, 0.25) is 0 Å². The van der Waals surface area contributed by atoms with Crippen LogP contribution in [0, 0.1) is 13.8 Å². The molecule has 2 aromatic heterocycles. The standard InChI is InChI=1S/C23H23F3N4OS/c1-13-14(2)32-21-18(13)20(27-19(28-21)15-3-4-15)29-9-11-30(12-10-29)22(31)16-5-7-17(8-6-16)23(24,25)26/h5-8,15H,3-4,9-12H2,1-2H3. The van der Waals surface area contributed by atoms with Crippen LogP contribution in [0.15, 0.2) is 24.3 Å². The van der Waals surface area contributed by atoms with Crippen molar-refractivity contribution in [2.24, 2.45) is 0 Å². The summed E-state index contributed by atoms with van der Waals surface area (Å²) < 4.78 is 38.4. The van der Waals surface area contributed by atoms with E-state index in [1.807, 2.05) is 0 Å². The number of piperazine rings is 1. The first kappa shape index (κ1) is 21.2. The lowest BCUT2D eigenvalue weighted by molar-refractivity contribution is -0.137. The second-order valence-corrected chi connectivity index (χ2v) is 9.70. The molecule has 0 N–H and O–H groups in total. The Bertz CT molecular complexity index is 1180. The molecule has 1 aromatic carbocycles. The molecule has 5 rings (SSSR count). The molecule has 2 aliphatic rings. The van der Waals surface area contributed by atoms with Gasteiger partial charge in [-0.2, -0.15) is 13.2 Å². The summed E-state index contributed by atoms with van der Waals surface area (Å²) in [5, 5.41) is 1.10. The molecule has 3 aromatic rings. The first-order valence-electron chi connectivity index (χ1n) is 10.7. The minimum atomic E-state index is -4.41. The first-order chi connectivity index (χ1) is 15.2. The normalized spacial score (nSPS) is 17.3. The molecule has 0 unspecified atom stereocenters. The molecular weight excluding hydrogens is 437 g/mol. The average Bonchev–Trinajstić information content (AvgIpc) is 3.59. The fourth-order valence-corrected chi connectivity index (χ4v) is 5.13. The number of nitrogens with zero attached hydrogens (tertiary/aromatic N) is 4. The molecule has 1 aliphatic heterocycles. The third-order valence-corrected chi connectivity index (χ3v) is 7.40. The Hall–Kier alpha value is -2.68. The first-order valence-corrected chi connectivity index (χ1v) is 11.5. The van der Waals surface area contributed by atoms with E-state index in [2.05, 4.69) is 18.7 Å². The van der Waals surface area contributed by atoms with Crippen molar-refractivity contribution in [2.45, 2.75) is 38.8 Å². The summed E-state index contributed by atoms with van der Waals surface area (Å²) in [5.41, 5.74) is 0.723. The number of aromatic nitrogens is 2. The molecule has 3 heterocycles. The summed E-state index contributed by atoms with van der Waals surface area (Å²) >= 11 is 1.70. The van der Waals surface area contributed by atoms with Crippen LogP contribution in [0.3, 0.4) is 0 Å². The number of hydrogen-bond acceptors (Lipinski definition) is 5. The number of aryl methyl sites for hydroxylation is 2. The molecule has 0 spiro atoms. The Kier molecular flexibility index (Phi) is 5.11. The van der Waals surface area contributed by atoms with Crippen LogP contribution in [0.5, 0.6) is 0 Å². The van der Waals surface area contributed by atoms with E-state index in [0.717, 1.165) is 46.8 Å². The smallest absolute Gasteiger partial charge is 0.352 e. The van der Waals surface area contributed by atoms with Crippen LogP contribution < -0.4 is 4.90 Å². The summed E-state index contributed by atoms with van der Waals surface area (Å²) in [6.07, 6.45) is -2.15. The van der Waals surface area contributed by atoms with E-state index in [0.29, 0.717) is 32.1 Å². The number of carbonyl (C=O) groups is 1. The monoisotopic (exact) mass is 460 g/mol. The summed E-state index contributed by atoms with van der Waals surface area (Å²) in [5.74, 6) is 2.06. The molecule has 2 fully saturated rings. The van der Waals surface area contributed by atoms with Crippen LogP contribution in [-0.4, -0.2) is 47.0 Å². The SMILES string of the molecule is Cc1sc2nc(C3CC3)nc(N3CCN(C(=O)c4ccc(C(F)(F)F)cc4)CC3)c2c1C. The predicted octanol–water partition coefficient (Wildman–Crippen LogP) is 5.17. The lowest BCUT2D eigenvalue weighted by atomic mass is 10.1. The van der Waals surface area contributed by atoms with Crippen molar-refractivity contribution in [3.05, 3.63) is 51.7 Å². The van der Waals surface area contributed by atoms with Crippen molar-refractivity contribution in [3.8, 4) is 0 Å². The number of rotatable bonds is 3. The van der Waals surface area contributed by atoms with Gasteiger partial charge in [-0.1, -0.05) is 0 Å². The number of thiophene rings is 1. The molecule has 1 amide bonds. The van der Waals surface area contributed by atoms with E-state index in [1.54, 1.807) is 16.2 Å². The number of carbonyl (C=O) groups excluding carboxylic acids is 1. The molecule has 0 bridgehead atoms. The molecule has 1 saturated heterocycles. The van der Waals surface area contributed by atoms with E-state index in [1.165, 1.54) is 22.6 Å². The van der Waals surface area contributed by atoms with Crippen molar-refractivity contribution in [3.63, 3.8) is 0 Å². The van der Waals surface area contributed by atoms with Gasteiger partial charge < -0.3 is 9.80 Å². The second kappa shape index (κ2) is 7.72. The zero-order chi connectivity index (χ0) is 22.6. The van der Waals surface area contributed by atoms with Crippen LogP contribution in [0.4, 0.5) is 19.0 Å². The number of halogens is 3. The molecule has 1 aliphatic carbocycles. The average molecular weight is 461 g/mol. The van der Waals surface area contributed by atoms with Crippen molar-refractivity contribution < 1.29 is 18.0 Å². The zero-order valence-corrected chi connectivity index (χ0v) is 18.7. The molecule has 5 nitrogen and oxygen atoms in total. The highest BCUT2D eigenvalue weighted by atomic mass is 32.1. The fourth-order valence-electron chi connectivity index (χ4n) is 4.10. The molecule has 0 atom stereocenters. The highest BCUT2D eigenvalue weighted by molar-refractivity contribution is 7.18. The summed E-state index contributed by atoms with van der Waals surface area (Å²) in [7, 11) is 0. The Morgan fingerprint density at radius 3 is 2.28 bits per heavy atom. The number of hydrogen-bond donors (Lipinski definition) is 0. The van der Waals surface area contributed by atoms with E-state index in [4.69, 9.17) is 9.97 Å². The third-order valence-electron chi connectivity index (χ3n) is 6.29. The predicted molar refractivity (Wildman–Crippen MR) is 118 cm³/mol. The van der Waals surface area contributed by atoms with Gasteiger partial charge in [-0.25, -0.2) is 9.97 Å². The zero-order valence-electron chi connectivity index (χ0n) is 17.9. The number of alkyl halides is 3. The highest BCUT2D eigenvalue weighted by Crippen LogP contribution is 2.42. The number of benzene rings is 1. The lowest BCUT2D eigenvalue weighted by Gasteiger charge is -2.36. The van der Waals surface area contributed by atoms with E-state index in [9.17, 15) is 18.0 Å². The van der Waals surface area contributed by atoms with E-state index < -0.39 is 11.7 Å². The summed E-state index contributed by atoms with van der Waals surface area (Å²) in [6.45, 7) is 6.43. The maximum absolute atomic E-state index is 12.8. The minimum Gasteiger partial charge on any atom is -0.352 e. The van der Waals surface area contributed by atoms with Gasteiger partial charge in [0.05, 0.1) is 10.9 Å². The van der Waals surface area contributed by atoms with E-state index in [-0.39, 0.29) is 11.5 Å². The van der Waals surface area contributed by atoms with Gasteiger partial charge in [0.25, 0.3) is 5.91 Å². The van der Waals surface area contributed by atoms with Crippen LogP contribution >= 0.6 is 11.3 Å². The molecule has 168 valence electrons. The maximum atomic E-state index is 12.8. The van der Waals surface area contributed by atoms with Crippen LogP contribution in [-0.2, 0) is 6.18 Å². The van der Waals surface area contributed by atoms with Crippen molar-refractivity contribution >= 4 is 33.3 Å². The molecule has 0 radical (unpaired) electrons. The second-order valence-electron chi connectivity index (χ2n) is 8.50. The quantitative estimate of drug-likeness (QED) is 0.541. The summed E-state index contributed by atoms with van der Waals surface area (Å²) in [6, 6.07) is 4.43.